The van der Waals surface area contributed by atoms with Crippen LogP contribution in [0.4, 0.5) is 5.95 Å². The number of H-pyrrole nitrogens is 1. The van der Waals surface area contributed by atoms with Crippen molar-refractivity contribution >= 4 is 17.0 Å². The number of aromatic amines is 1. The summed E-state index contributed by atoms with van der Waals surface area (Å²) in [6.07, 6.45) is 10.4. The molecule has 0 aliphatic heterocycles. The van der Waals surface area contributed by atoms with Gasteiger partial charge in [0.2, 0.25) is 5.95 Å². The van der Waals surface area contributed by atoms with Crippen molar-refractivity contribution in [3.8, 4) is 11.4 Å². The van der Waals surface area contributed by atoms with Crippen molar-refractivity contribution in [2.45, 2.75) is 32.1 Å². The molecule has 3 aromatic heterocycles. The van der Waals surface area contributed by atoms with E-state index in [1.54, 1.807) is 6.20 Å². The summed E-state index contributed by atoms with van der Waals surface area (Å²) in [4.78, 5) is 6.87. The summed E-state index contributed by atoms with van der Waals surface area (Å²) in [7, 11) is 2.06. The molecule has 2 aliphatic carbocycles. The predicted octanol–water partition coefficient (Wildman–Crippen LogP) is 2.77. The second kappa shape index (κ2) is 5.82. The van der Waals surface area contributed by atoms with Crippen LogP contribution in [-0.2, 0) is 7.05 Å². The van der Waals surface area contributed by atoms with Crippen molar-refractivity contribution in [1.29, 1.82) is 0 Å². The van der Waals surface area contributed by atoms with Crippen molar-refractivity contribution in [1.82, 2.24) is 29.9 Å². The largest absolute Gasteiger partial charge is 0.341 e. The number of hydrogen-bond acceptors (Lipinski definition) is 5. The van der Waals surface area contributed by atoms with Gasteiger partial charge in [-0.2, -0.15) is 5.10 Å². The van der Waals surface area contributed by atoms with Gasteiger partial charge in [0.15, 0.2) is 11.5 Å². The number of rotatable bonds is 7. The van der Waals surface area contributed by atoms with E-state index in [1.807, 2.05) is 6.20 Å². The monoisotopic (exact) mass is 337 g/mol. The van der Waals surface area contributed by atoms with Crippen molar-refractivity contribution in [3.05, 3.63) is 18.5 Å². The van der Waals surface area contributed by atoms with Crippen LogP contribution in [-0.4, -0.2) is 43.0 Å². The zero-order valence-electron chi connectivity index (χ0n) is 14.5. The summed E-state index contributed by atoms with van der Waals surface area (Å²) in [5.41, 5.74) is 1.77. The second-order valence-corrected chi connectivity index (χ2v) is 7.54. The van der Waals surface area contributed by atoms with Gasteiger partial charge < -0.3 is 4.90 Å². The van der Waals surface area contributed by atoms with E-state index in [1.165, 1.54) is 32.1 Å². The molecule has 1 N–H and O–H groups in total. The second-order valence-electron chi connectivity index (χ2n) is 7.54. The smallest absolute Gasteiger partial charge is 0.227 e. The Labute approximate surface area is 146 Å². The maximum atomic E-state index is 4.53. The molecule has 0 atom stereocenters. The van der Waals surface area contributed by atoms with Crippen LogP contribution in [0.1, 0.15) is 32.1 Å². The molecule has 0 bridgehead atoms. The van der Waals surface area contributed by atoms with Gasteiger partial charge in [-0.1, -0.05) is 12.8 Å². The van der Waals surface area contributed by atoms with Gasteiger partial charge in [-0.25, -0.2) is 4.98 Å². The molecule has 0 amide bonds. The summed E-state index contributed by atoms with van der Waals surface area (Å²) in [6.45, 7) is 2.20. The Bertz CT molecular complexity index is 888. The Morgan fingerprint density at radius 3 is 2.80 bits per heavy atom. The molecule has 3 heterocycles. The fraction of sp³-hybridized carbons (Fsp3) is 0.556. The van der Waals surface area contributed by atoms with E-state index in [0.717, 1.165) is 53.3 Å². The van der Waals surface area contributed by atoms with Crippen molar-refractivity contribution < 1.29 is 0 Å². The molecule has 3 aromatic rings. The van der Waals surface area contributed by atoms with Crippen molar-refractivity contribution in [3.63, 3.8) is 0 Å². The number of anilines is 1. The molecule has 0 saturated heterocycles. The van der Waals surface area contributed by atoms with E-state index in [0.29, 0.717) is 0 Å². The number of nitrogens with one attached hydrogen (secondary N) is 1. The average molecular weight is 337 g/mol. The molecule has 25 heavy (non-hydrogen) atoms. The first-order valence-corrected chi connectivity index (χ1v) is 9.22. The van der Waals surface area contributed by atoms with Gasteiger partial charge in [0.1, 0.15) is 0 Å². The molecular formula is C18H23N7. The van der Waals surface area contributed by atoms with Crippen LogP contribution in [0.25, 0.3) is 22.4 Å². The minimum absolute atomic E-state index is 0.797. The molecular weight excluding hydrogens is 314 g/mol. The molecule has 7 nitrogen and oxygen atoms in total. The Hall–Kier alpha value is -2.44. The maximum absolute atomic E-state index is 4.53. The fourth-order valence-corrected chi connectivity index (χ4v) is 3.44. The highest BCUT2D eigenvalue weighted by Crippen LogP contribution is 2.35. The van der Waals surface area contributed by atoms with Gasteiger partial charge in [-0.15, -0.1) is 10.2 Å². The molecule has 0 unspecified atom stereocenters. The lowest BCUT2D eigenvalue weighted by molar-refractivity contribution is 0.628. The lowest BCUT2D eigenvalue weighted by atomic mass is 10.2. The van der Waals surface area contributed by atoms with Gasteiger partial charge in [0, 0.05) is 37.3 Å². The zero-order chi connectivity index (χ0) is 16.8. The first kappa shape index (κ1) is 14.9. The number of hydrogen-bond donors (Lipinski definition) is 1. The highest BCUT2D eigenvalue weighted by Gasteiger charge is 2.29. The zero-order valence-corrected chi connectivity index (χ0v) is 14.5. The number of pyridine rings is 1. The quantitative estimate of drug-likeness (QED) is 0.717. The summed E-state index contributed by atoms with van der Waals surface area (Å²) < 4.78 is 2.11. The molecule has 5 rings (SSSR count). The molecule has 2 aliphatic rings. The fourth-order valence-electron chi connectivity index (χ4n) is 3.44. The van der Waals surface area contributed by atoms with E-state index in [2.05, 4.69) is 48.0 Å². The van der Waals surface area contributed by atoms with Crippen LogP contribution >= 0.6 is 0 Å². The molecule has 7 heteroatoms. The number of fused-ring (bicyclic) bond motifs is 1. The number of nitrogens with zero attached hydrogens (tertiary/aromatic N) is 6. The molecule has 2 fully saturated rings. The molecule has 130 valence electrons. The Balaban J connectivity index is 1.44. The van der Waals surface area contributed by atoms with E-state index in [-0.39, 0.29) is 0 Å². The summed E-state index contributed by atoms with van der Waals surface area (Å²) >= 11 is 0. The first-order valence-electron chi connectivity index (χ1n) is 9.22. The maximum Gasteiger partial charge on any atom is 0.227 e. The lowest BCUT2D eigenvalue weighted by Crippen LogP contribution is -2.29. The third-order valence-corrected chi connectivity index (χ3v) is 5.36. The lowest BCUT2D eigenvalue weighted by Gasteiger charge is -2.23. The van der Waals surface area contributed by atoms with Crippen molar-refractivity contribution in [2.24, 2.45) is 18.9 Å². The standard InChI is InChI=1S/C18H23N7/c1-24-17(15-8-14-10-20-21-16(14)19-9-15)22-23-18(24)25(11-13-4-5-13)7-6-12-2-3-12/h8-10,12-13H,2-7,11H2,1H3,(H,19,20,21). The van der Waals surface area contributed by atoms with Crippen LogP contribution in [0, 0.1) is 11.8 Å². The average Bonchev–Trinajstić information content (AvgIpc) is 3.53. The molecule has 2 saturated carbocycles. The van der Waals surface area contributed by atoms with E-state index >= 15 is 0 Å². The van der Waals surface area contributed by atoms with E-state index < -0.39 is 0 Å². The highest BCUT2D eigenvalue weighted by atomic mass is 15.4. The van der Waals surface area contributed by atoms with Crippen LogP contribution in [0.15, 0.2) is 18.5 Å². The Morgan fingerprint density at radius 1 is 1.16 bits per heavy atom. The minimum Gasteiger partial charge on any atom is -0.341 e. The highest BCUT2D eigenvalue weighted by molar-refractivity contribution is 5.78. The first-order chi connectivity index (χ1) is 12.3. The van der Waals surface area contributed by atoms with E-state index in [4.69, 9.17) is 0 Å². The summed E-state index contributed by atoms with van der Waals surface area (Å²) in [5.74, 6) is 3.61. The van der Waals surface area contributed by atoms with Crippen LogP contribution in [0.5, 0.6) is 0 Å². The topological polar surface area (TPSA) is 75.5 Å². The number of aromatic nitrogens is 6. The predicted molar refractivity (Wildman–Crippen MR) is 96.2 cm³/mol. The third kappa shape index (κ3) is 2.99. The van der Waals surface area contributed by atoms with E-state index in [9.17, 15) is 0 Å². The van der Waals surface area contributed by atoms with Gasteiger partial charge in [0.05, 0.1) is 6.20 Å². The molecule has 0 radical (unpaired) electrons. The Morgan fingerprint density at radius 2 is 2.00 bits per heavy atom. The van der Waals surface area contributed by atoms with Gasteiger partial charge in [-0.3, -0.25) is 9.67 Å². The molecule has 0 spiro atoms. The summed E-state index contributed by atoms with van der Waals surface area (Å²) in [6, 6.07) is 2.06. The van der Waals surface area contributed by atoms with Gasteiger partial charge in [0.25, 0.3) is 0 Å². The van der Waals surface area contributed by atoms with Crippen molar-refractivity contribution in [2.75, 3.05) is 18.0 Å². The SMILES string of the molecule is Cn1c(-c2cnc3[nH]ncc3c2)nnc1N(CCC1CC1)CC1CC1. The van der Waals surface area contributed by atoms with Crippen LogP contribution in [0.3, 0.4) is 0 Å². The summed E-state index contributed by atoms with van der Waals surface area (Å²) in [5, 5.41) is 16.9. The Kier molecular flexibility index (Phi) is 3.46. The normalized spacial score (nSPS) is 17.3. The van der Waals surface area contributed by atoms with Crippen LogP contribution < -0.4 is 4.90 Å². The van der Waals surface area contributed by atoms with Gasteiger partial charge >= 0.3 is 0 Å². The molecule has 0 aromatic carbocycles. The third-order valence-electron chi connectivity index (χ3n) is 5.36. The van der Waals surface area contributed by atoms with Crippen LogP contribution in [0.2, 0.25) is 0 Å². The van der Waals surface area contributed by atoms with Gasteiger partial charge in [-0.05, 0) is 37.2 Å². The minimum atomic E-state index is 0.797.